The molecule has 0 radical (unpaired) electrons. The van der Waals surface area contributed by atoms with Crippen LogP contribution in [0.3, 0.4) is 0 Å². The van der Waals surface area contributed by atoms with Gasteiger partial charge in [-0.05, 0) is 24.3 Å². The van der Waals surface area contributed by atoms with Crippen molar-refractivity contribution in [3.63, 3.8) is 0 Å². The predicted octanol–water partition coefficient (Wildman–Crippen LogP) is 1.13. The van der Waals surface area contributed by atoms with Gasteiger partial charge in [0.1, 0.15) is 0 Å². The van der Waals surface area contributed by atoms with E-state index in [4.69, 9.17) is 0 Å². The van der Waals surface area contributed by atoms with E-state index in [9.17, 15) is 12.6 Å². The van der Waals surface area contributed by atoms with E-state index in [1.54, 1.807) is 18.4 Å². The van der Waals surface area contributed by atoms with Crippen LogP contribution in [0.1, 0.15) is 0 Å². The number of hydrogen-bond acceptors (Lipinski definition) is 4. The fourth-order valence-electron chi connectivity index (χ4n) is 1.03. The molecule has 1 unspecified atom stereocenters. The summed E-state index contributed by atoms with van der Waals surface area (Å²) in [5.41, 5.74) is 0. The smallest absolute Gasteiger partial charge is 0.262 e. The molecule has 0 fully saturated rings. The maximum atomic E-state index is 11.8. The van der Waals surface area contributed by atoms with E-state index >= 15 is 0 Å². The quantitative estimate of drug-likeness (QED) is 0.615. The average molecular weight is 353 g/mol. The van der Waals surface area contributed by atoms with Crippen molar-refractivity contribution < 1.29 is 12.6 Å². The summed E-state index contributed by atoms with van der Waals surface area (Å²) < 4.78 is 37.3. The number of aliphatic imine (C=N–C) groups is 1. The van der Waals surface area contributed by atoms with Crippen molar-refractivity contribution in [3.05, 3.63) is 28.7 Å². The number of nitrogens with one attached hydrogen (secondary N) is 1. The molecule has 1 rings (SSSR count). The summed E-state index contributed by atoms with van der Waals surface area (Å²) in [4.78, 5) is 3.99. The summed E-state index contributed by atoms with van der Waals surface area (Å²) in [6.45, 7) is 0.325. The number of nitrogens with zero attached hydrogens (tertiary/aromatic N) is 1. The number of benzene rings is 1. The third-order valence-electron chi connectivity index (χ3n) is 1.93. The molecule has 5 nitrogen and oxygen atoms in total. The SMILES string of the molecule is CS(=O)CCN=CNS(=O)(=O)c1ccc(Br)cc1. The minimum absolute atomic E-state index is 0.163. The minimum atomic E-state index is -3.57. The van der Waals surface area contributed by atoms with E-state index in [1.807, 2.05) is 0 Å². The molecule has 18 heavy (non-hydrogen) atoms. The Bertz CT molecular complexity index is 541. The van der Waals surface area contributed by atoms with Crippen molar-refractivity contribution in [3.8, 4) is 0 Å². The first-order valence-electron chi connectivity index (χ1n) is 4.98. The number of rotatable bonds is 6. The van der Waals surface area contributed by atoms with E-state index in [0.717, 1.165) is 10.8 Å². The fourth-order valence-corrected chi connectivity index (χ4v) is 2.50. The zero-order valence-electron chi connectivity index (χ0n) is 9.67. The van der Waals surface area contributed by atoms with Crippen molar-refractivity contribution >= 4 is 43.1 Å². The molecule has 1 N–H and O–H groups in total. The maximum Gasteiger partial charge on any atom is 0.262 e. The molecular weight excluding hydrogens is 340 g/mol. The van der Waals surface area contributed by atoms with Crippen molar-refractivity contribution in [1.29, 1.82) is 0 Å². The molecular formula is C10H13BrN2O3S2. The molecule has 0 amide bonds. The molecule has 0 aliphatic rings. The van der Waals surface area contributed by atoms with Gasteiger partial charge in [0.2, 0.25) is 0 Å². The fraction of sp³-hybridized carbons (Fsp3) is 0.300. The van der Waals surface area contributed by atoms with Crippen LogP contribution in [0.15, 0.2) is 38.6 Å². The van der Waals surface area contributed by atoms with E-state index in [2.05, 4.69) is 25.6 Å². The van der Waals surface area contributed by atoms with Crippen molar-refractivity contribution in [2.45, 2.75) is 4.90 Å². The maximum absolute atomic E-state index is 11.8. The summed E-state index contributed by atoms with van der Waals surface area (Å²) in [6, 6.07) is 6.26. The number of hydrogen-bond donors (Lipinski definition) is 1. The summed E-state index contributed by atoms with van der Waals surface area (Å²) in [6.07, 6.45) is 2.69. The highest BCUT2D eigenvalue weighted by Crippen LogP contribution is 2.13. The molecule has 0 spiro atoms. The van der Waals surface area contributed by atoms with Gasteiger partial charge in [0.15, 0.2) is 0 Å². The topological polar surface area (TPSA) is 75.6 Å². The highest BCUT2D eigenvalue weighted by molar-refractivity contribution is 9.10. The molecule has 0 heterocycles. The first-order chi connectivity index (χ1) is 8.42. The average Bonchev–Trinajstić information content (AvgIpc) is 2.28. The second-order valence-electron chi connectivity index (χ2n) is 3.39. The summed E-state index contributed by atoms with van der Waals surface area (Å²) in [5, 5.41) is 0. The number of halogens is 1. The molecule has 1 aromatic rings. The Balaban J connectivity index is 2.60. The minimum Gasteiger partial charge on any atom is -0.274 e. The standard InChI is InChI=1S/C10H13BrN2O3S2/c1-17(14)7-6-12-8-13-18(15,16)10-4-2-9(11)3-5-10/h2-5,8H,6-7H2,1H3,(H,12,13). The second-order valence-corrected chi connectivity index (χ2v) is 7.57. The third-order valence-corrected chi connectivity index (χ3v) is 4.53. The largest absolute Gasteiger partial charge is 0.274 e. The van der Waals surface area contributed by atoms with Gasteiger partial charge in [-0.2, -0.15) is 0 Å². The highest BCUT2D eigenvalue weighted by atomic mass is 79.9. The van der Waals surface area contributed by atoms with Gasteiger partial charge >= 0.3 is 0 Å². The summed E-state index contributed by atoms with van der Waals surface area (Å²) in [5.74, 6) is 0.413. The van der Waals surface area contributed by atoms with E-state index in [-0.39, 0.29) is 4.90 Å². The van der Waals surface area contributed by atoms with Crippen LogP contribution in [0.2, 0.25) is 0 Å². The van der Waals surface area contributed by atoms with Gasteiger partial charge in [-0.3, -0.25) is 13.9 Å². The Hall–Kier alpha value is -0.730. The molecule has 0 aliphatic carbocycles. The van der Waals surface area contributed by atoms with Crippen LogP contribution in [0.4, 0.5) is 0 Å². The number of sulfonamides is 1. The molecule has 1 aromatic carbocycles. The van der Waals surface area contributed by atoms with Crippen LogP contribution < -0.4 is 4.72 Å². The summed E-state index contributed by atoms with van der Waals surface area (Å²) in [7, 11) is -4.50. The van der Waals surface area contributed by atoms with Crippen LogP contribution in [0.25, 0.3) is 0 Å². The van der Waals surface area contributed by atoms with Crippen LogP contribution in [0.5, 0.6) is 0 Å². The van der Waals surface area contributed by atoms with Gasteiger partial charge in [-0.1, -0.05) is 15.9 Å². The van der Waals surface area contributed by atoms with Crippen LogP contribution in [-0.2, 0) is 20.8 Å². The van der Waals surface area contributed by atoms with Gasteiger partial charge in [-0.15, -0.1) is 0 Å². The van der Waals surface area contributed by atoms with Crippen LogP contribution >= 0.6 is 15.9 Å². The monoisotopic (exact) mass is 352 g/mol. The second kappa shape index (κ2) is 7.01. The Morgan fingerprint density at radius 2 is 2.00 bits per heavy atom. The normalized spacial score (nSPS) is 13.7. The van der Waals surface area contributed by atoms with Gasteiger partial charge in [0.05, 0.1) is 17.8 Å². The zero-order valence-corrected chi connectivity index (χ0v) is 12.9. The lowest BCUT2D eigenvalue weighted by atomic mass is 10.4. The molecule has 0 aromatic heterocycles. The van der Waals surface area contributed by atoms with E-state index in [1.165, 1.54) is 12.1 Å². The summed E-state index contributed by atoms with van der Waals surface area (Å²) >= 11 is 3.23. The zero-order chi connectivity index (χ0) is 13.6. The highest BCUT2D eigenvalue weighted by Gasteiger charge is 2.11. The van der Waals surface area contributed by atoms with Gasteiger partial charge in [0, 0.05) is 27.3 Å². The van der Waals surface area contributed by atoms with Crippen LogP contribution in [-0.4, -0.2) is 37.5 Å². The first kappa shape index (κ1) is 15.3. The molecule has 8 heteroatoms. The molecule has 0 bridgehead atoms. The molecule has 100 valence electrons. The predicted molar refractivity (Wildman–Crippen MR) is 76.8 cm³/mol. The lowest BCUT2D eigenvalue weighted by Crippen LogP contribution is -2.22. The van der Waals surface area contributed by atoms with Crippen molar-refractivity contribution in [2.75, 3.05) is 18.6 Å². The van der Waals surface area contributed by atoms with E-state index < -0.39 is 20.8 Å². The molecule has 0 aliphatic heterocycles. The van der Waals surface area contributed by atoms with Gasteiger partial charge < -0.3 is 0 Å². The Morgan fingerprint density at radius 1 is 1.39 bits per heavy atom. The van der Waals surface area contributed by atoms with Gasteiger partial charge in [0.25, 0.3) is 10.0 Å². The first-order valence-corrected chi connectivity index (χ1v) is 8.98. The molecule has 0 saturated heterocycles. The van der Waals surface area contributed by atoms with Crippen LogP contribution in [0, 0.1) is 0 Å². The molecule has 0 saturated carbocycles. The Labute approximate surface area is 117 Å². The Kier molecular flexibility index (Phi) is 5.97. The lowest BCUT2D eigenvalue weighted by Gasteiger charge is -2.03. The Morgan fingerprint density at radius 3 is 2.56 bits per heavy atom. The molecule has 1 atom stereocenters. The van der Waals surface area contributed by atoms with Gasteiger partial charge in [-0.25, -0.2) is 8.42 Å². The van der Waals surface area contributed by atoms with Crippen molar-refractivity contribution in [2.24, 2.45) is 4.99 Å². The van der Waals surface area contributed by atoms with Crippen molar-refractivity contribution in [1.82, 2.24) is 4.72 Å². The third kappa shape index (κ3) is 5.28. The van der Waals surface area contributed by atoms with E-state index in [0.29, 0.717) is 12.3 Å². The lowest BCUT2D eigenvalue weighted by molar-refractivity contribution is 0.593.